The molecule has 2 unspecified atom stereocenters. The van der Waals surface area contributed by atoms with Crippen LogP contribution < -0.4 is 0 Å². The molecule has 0 aliphatic carbocycles. The molecule has 2 heterocycles. The average molecular weight is 517 g/mol. The van der Waals surface area contributed by atoms with Crippen LogP contribution in [0.15, 0.2) is 59.2 Å². The van der Waals surface area contributed by atoms with Gasteiger partial charge in [0.05, 0.1) is 34.4 Å². The number of nitrogens with zero attached hydrogens (tertiary/aromatic N) is 2. The maximum absolute atomic E-state index is 13.3. The van der Waals surface area contributed by atoms with Crippen LogP contribution in [0.5, 0.6) is 0 Å². The molecule has 1 saturated heterocycles. The van der Waals surface area contributed by atoms with Crippen molar-refractivity contribution in [3.05, 3.63) is 76.4 Å². The third-order valence-corrected chi connectivity index (χ3v) is 7.61. The van der Waals surface area contributed by atoms with Crippen LogP contribution in [0.25, 0.3) is 6.08 Å². The van der Waals surface area contributed by atoms with Gasteiger partial charge in [-0.15, -0.1) is 0 Å². The summed E-state index contributed by atoms with van der Waals surface area (Å²) >= 11 is 0. The van der Waals surface area contributed by atoms with E-state index in [1.165, 1.54) is 30.3 Å². The van der Waals surface area contributed by atoms with Crippen molar-refractivity contribution in [2.45, 2.75) is 31.7 Å². The third kappa shape index (κ3) is 5.39. The summed E-state index contributed by atoms with van der Waals surface area (Å²) in [6.45, 7) is 2.24. The Balaban J connectivity index is 1.79. The average Bonchev–Trinajstić information content (AvgIpc) is 3.10. The molecule has 2 aliphatic heterocycles. The van der Waals surface area contributed by atoms with E-state index in [2.05, 4.69) is 5.10 Å². The summed E-state index contributed by atoms with van der Waals surface area (Å²) < 4.78 is 105. The van der Waals surface area contributed by atoms with Crippen LogP contribution >= 0.6 is 0 Å². The Kier molecular flexibility index (Phi) is 6.50. The van der Waals surface area contributed by atoms with Crippen LogP contribution in [0.2, 0.25) is 0 Å². The van der Waals surface area contributed by atoms with Crippen molar-refractivity contribution in [1.29, 1.82) is 0 Å². The Morgan fingerprint density at radius 1 is 1.00 bits per heavy atom. The zero-order chi connectivity index (χ0) is 25.6. The highest BCUT2D eigenvalue weighted by molar-refractivity contribution is 7.91. The van der Waals surface area contributed by atoms with Gasteiger partial charge < -0.3 is 0 Å². The fraction of sp³-hybridized carbons (Fsp3) is 0.375. The van der Waals surface area contributed by atoms with Gasteiger partial charge in [0.2, 0.25) is 0 Å². The topological polar surface area (TPSA) is 49.7 Å². The van der Waals surface area contributed by atoms with Crippen molar-refractivity contribution in [3.8, 4) is 0 Å². The highest BCUT2D eigenvalue weighted by Crippen LogP contribution is 2.43. The molecule has 0 radical (unpaired) electrons. The summed E-state index contributed by atoms with van der Waals surface area (Å²) in [6.07, 6.45) is -7.15. The minimum Gasteiger partial charge on any atom is -0.289 e. The number of halogens is 6. The van der Waals surface area contributed by atoms with Gasteiger partial charge in [-0.25, -0.2) is 8.42 Å². The molecule has 188 valence electrons. The van der Waals surface area contributed by atoms with E-state index in [1.807, 2.05) is 6.92 Å². The van der Waals surface area contributed by atoms with Gasteiger partial charge in [-0.1, -0.05) is 31.2 Å². The molecule has 2 aromatic carbocycles. The molecule has 0 N–H and O–H groups in total. The van der Waals surface area contributed by atoms with Crippen molar-refractivity contribution in [2.24, 2.45) is 11.0 Å². The van der Waals surface area contributed by atoms with E-state index in [9.17, 15) is 34.8 Å². The summed E-state index contributed by atoms with van der Waals surface area (Å²) in [5.74, 6) is -1.47. The normalized spacial score (nSPS) is 23.3. The third-order valence-electron chi connectivity index (χ3n) is 5.99. The van der Waals surface area contributed by atoms with Gasteiger partial charge in [0.15, 0.2) is 9.84 Å². The van der Waals surface area contributed by atoms with Crippen molar-refractivity contribution in [2.75, 3.05) is 18.1 Å². The van der Waals surface area contributed by atoms with E-state index in [0.29, 0.717) is 18.7 Å². The molecule has 0 saturated carbocycles. The summed E-state index contributed by atoms with van der Waals surface area (Å²) in [5.41, 5.74) is -0.641. The second kappa shape index (κ2) is 9.00. The number of fused-ring (bicyclic) bond motifs is 1. The fourth-order valence-electron chi connectivity index (χ4n) is 4.59. The molecule has 1 fully saturated rings. The largest absolute Gasteiger partial charge is 0.416 e. The molecule has 4 nitrogen and oxygen atoms in total. The number of hydrazone groups is 1. The highest BCUT2D eigenvalue weighted by atomic mass is 32.2. The summed E-state index contributed by atoms with van der Waals surface area (Å²) in [6, 6.07) is 8.50. The molecule has 0 bridgehead atoms. The van der Waals surface area contributed by atoms with Crippen molar-refractivity contribution in [3.63, 3.8) is 0 Å². The first-order valence-electron chi connectivity index (χ1n) is 10.9. The van der Waals surface area contributed by atoms with Crippen LogP contribution in [0, 0.1) is 5.92 Å². The van der Waals surface area contributed by atoms with E-state index in [-0.39, 0.29) is 22.5 Å². The Labute approximate surface area is 198 Å². The molecule has 4 rings (SSSR count). The SMILES string of the molecule is CCCN1N=C2C(=Cc3cccc(C(F)(F)F)c3)CS(=O)(=O)CC2C1c1cccc(C(F)(F)F)c1. The zero-order valence-electron chi connectivity index (χ0n) is 18.6. The molecule has 0 amide bonds. The minimum atomic E-state index is -4.57. The Bertz CT molecular complexity index is 1280. The minimum absolute atomic E-state index is 0.165. The molecular formula is C24H22F6N2O2S. The lowest BCUT2D eigenvalue weighted by Gasteiger charge is -2.30. The lowest BCUT2D eigenvalue weighted by Crippen LogP contribution is -2.37. The van der Waals surface area contributed by atoms with E-state index >= 15 is 0 Å². The van der Waals surface area contributed by atoms with Gasteiger partial charge in [-0.05, 0) is 53.5 Å². The van der Waals surface area contributed by atoms with Crippen molar-refractivity contribution >= 4 is 21.6 Å². The zero-order valence-corrected chi connectivity index (χ0v) is 19.4. The molecule has 11 heteroatoms. The van der Waals surface area contributed by atoms with E-state index < -0.39 is 51.0 Å². The molecule has 2 atom stereocenters. The number of hydrogen-bond acceptors (Lipinski definition) is 4. The van der Waals surface area contributed by atoms with Gasteiger partial charge in [0.25, 0.3) is 0 Å². The van der Waals surface area contributed by atoms with Gasteiger partial charge in [-0.3, -0.25) is 5.01 Å². The van der Waals surface area contributed by atoms with Gasteiger partial charge in [0, 0.05) is 12.5 Å². The lowest BCUT2D eigenvalue weighted by molar-refractivity contribution is -0.138. The number of benzene rings is 2. The molecular weight excluding hydrogens is 494 g/mol. The monoisotopic (exact) mass is 516 g/mol. The smallest absolute Gasteiger partial charge is 0.289 e. The maximum atomic E-state index is 13.3. The second-order valence-electron chi connectivity index (χ2n) is 8.67. The van der Waals surface area contributed by atoms with E-state index in [0.717, 1.165) is 24.3 Å². The lowest BCUT2D eigenvalue weighted by atomic mass is 9.87. The predicted molar refractivity (Wildman–Crippen MR) is 120 cm³/mol. The fourth-order valence-corrected chi connectivity index (χ4v) is 6.30. The second-order valence-corrected chi connectivity index (χ2v) is 10.8. The first-order valence-corrected chi connectivity index (χ1v) is 12.7. The van der Waals surface area contributed by atoms with Crippen LogP contribution in [0.1, 0.15) is 41.6 Å². The van der Waals surface area contributed by atoms with E-state index in [4.69, 9.17) is 0 Å². The van der Waals surface area contributed by atoms with Crippen LogP contribution in [0.4, 0.5) is 26.3 Å². The number of sulfone groups is 1. The van der Waals surface area contributed by atoms with Crippen LogP contribution in [-0.2, 0) is 22.2 Å². The first kappa shape index (κ1) is 25.3. The summed E-state index contributed by atoms with van der Waals surface area (Å²) in [7, 11) is -3.68. The quantitative estimate of drug-likeness (QED) is 0.470. The predicted octanol–water partition coefficient (Wildman–Crippen LogP) is 5.98. The molecule has 35 heavy (non-hydrogen) atoms. The molecule has 2 aliphatic rings. The Morgan fingerprint density at radius 2 is 1.63 bits per heavy atom. The standard InChI is InChI=1S/C24H22F6N2O2S/c1-2-9-32-22(16-6-4-8-19(12-16)24(28,29)30)20-14-35(33,34)13-17(21(20)31-32)10-15-5-3-7-18(11-15)23(25,26)27/h3-8,10-12,20,22H,2,9,13-14H2,1H3. The number of rotatable bonds is 4. The maximum Gasteiger partial charge on any atom is 0.416 e. The number of hydrogen-bond donors (Lipinski definition) is 0. The van der Waals surface area contributed by atoms with Gasteiger partial charge in [-0.2, -0.15) is 31.4 Å². The Hall–Kier alpha value is -2.82. The Morgan fingerprint density at radius 3 is 2.26 bits per heavy atom. The highest BCUT2D eigenvalue weighted by Gasteiger charge is 2.46. The van der Waals surface area contributed by atoms with Crippen LogP contribution in [-0.4, -0.2) is 37.2 Å². The van der Waals surface area contributed by atoms with Crippen LogP contribution in [0.3, 0.4) is 0 Å². The van der Waals surface area contributed by atoms with E-state index in [1.54, 1.807) is 5.01 Å². The van der Waals surface area contributed by atoms with Gasteiger partial charge >= 0.3 is 12.4 Å². The van der Waals surface area contributed by atoms with Crippen molar-refractivity contribution < 1.29 is 34.8 Å². The molecule has 0 aromatic heterocycles. The summed E-state index contributed by atoms with van der Waals surface area (Å²) in [4.78, 5) is 0. The molecule has 0 spiro atoms. The summed E-state index contributed by atoms with van der Waals surface area (Å²) in [5, 5.41) is 6.17. The first-order chi connectivity index (χ1) is 16.3. The number of alkyl halides is 6. The van der Waals surface area contributed by atoms with Crippen molar-refractivity contribution in [1.82, 2.24) is 5.01 Å². The molecule has 2 aromatic rings. The van der Waals surface area contributed by atoms with Gasteiger partial charge in [0.1, 0.15) is 0 Å².